The van der Waals surface area contributed by atoms with E-state index in [1.807, 2.05) is 4.90 Å². The van der Waals surface area contributed by atoms with Crippen molar-refractivity contribution in [2.24, 2.45) is 0 Å². The predicted octanol–water partition coefficient (Wildman–Crippen LogP) is 0.660. The van der Waals surface area contributed by atoms with Crippen LogP contribution < -0.4 is 5.32 Å². The molecule has 2 atom stereocenters. The highest BCUT2D eigenvalue weighted by atomic mass is 16.5. The maximum absolute atomic E-state index is 12.5. The number of hydrogen-bond donors (Lipinski definition) is 1. The van der Waals surface area contributed by atoms with Crippen molar-refractivity contribution < 1.29 is 9.32 Å². The Morgan fingerprint density at radius 1 is 1.48 bits per heavy atom. The number of likely N-dealkylation sites (N-methyl/N-ethyl adjacent to an activating group) is 1. The zero-order chi connectivity index (χ0) is 14.8. The van der Waals surface area contributed by atoms with Crippen LogP contribution in [0.1, 0.15) is 49.2 Å². The molecule has 3 heterocycles. The smallest absolute Gasteiger partial charge is 0.295 e. The van der Waals surface area contributed by atoms with Crippen LogP contribution in [0.3, 0.4) is 0 Å². The summed E-state index contributed by atoms with van der Waals surface area (Å²) in [6, 6.07) is 0.477. The number of aromatic nitrogens is 2. The van der Waals surface area contributed by atoms with Crippen molar-refractivity contribution >= 4 is 5.91 Å². The molecule has 21 heavy (non-hydrogen) atoms. The zero-order valence-electron chi connectivity index (χ0n) is 12.7. The molecule has 1 N–H and O–H groups in total. The van der Waals surface area contributed by atoms with Crippen LogP contribution in [-0.4, -0.2) is 64.6 Å². The Morgan fingerprint density at radius 3 is 3.00 bits per heavy atom. The van der Waals surface area contributed by atoms with E-state index in [2.05, 4.69) is 34.2 Å². The monoisotopic (exact) mass is 293 g/mol. The van der Waals surface area contributed by atoms with Gasteiger partial charge >= 0.3 is 0 Å². The van der Waals surface area contributed by atoms with Crippen LogP contribution in [0, 0.1) is 0 Å². The van der Waals surface area contributed by atoms with Crippen molar-refractivity contribution in [2.75, 3.05) is 32.7 Å². The minimum absolute atomic E-state index is 0.106. The zero-order valence-corrected chi connectivity index (χ0v) is 12.7. The Morgan fingerprint density at radius 2 is 2.33 bits per heavy atom. The van der Waals surface area contributed by atoms with Gasteiger partial charge in [0.1, 0.15) is 0 Å². The second-order valence-electron chi connectivity index (χ2n) is 5.83. The number of nitrogens with one attached hydrogen (secondary N) is 1. The maximum Gasteiger partial charge on any atom is 0.295 e. The molecule has 2 aliphatic rings. The van der Waals surface area contributed by atoms with Crippen LogP contribution in [0.15, 0.2) is 4.52 Å². The molecule has 0 radical (unpaired) electrons. The summed E-state index contributed by atoms with van der Waals surface area (Å²) in [6.45, 7) is 8.62. The molecule has 0 saturated carbocycles. The summed E-state index contributed by atoms with van der Waals surface area (Å²) in [5.41, 5.74) is 0. The molecule has 2 fully saturated rings. The topological polar surface area (TPSA) is 74.5 Å². The van der Waals surface area contributed by atoms with E-state index >= 15 is 0 Å². The van der Waals surface area contributed by atoms with Gasteiger partial charge in [0.25, 0.3) is 11.7 Å². The Balaban J connectivity index is 1.65. The van der Waals surface area contributed by atoms with Crippen LogP contribution in [0.4, 0.5) is 0 Å². The summed E-state index contributed by atoms with van der Waals surface area (Å²) in [7, 11) is 0. The molecule has 1 amide bonds. The Kier molecular flexibility index (Phi) is 4.21. The van der Waals surface area contributed by atoms with E-state index in [-0.39, 0.29) is 17.8 Å². The van der Waals surface area contributed by atoms with E-state index in [1.54, 1.807) is 0 Å². The van der Waals surface area contributed by atoms with Crippen molar-refractivity contribution in [3.8, 4) is 0 Å². The van der Waals surface area contributed by atoms with Crippen molar-refractivity contribution in [1.82, 2.24) is 25.3 Å². The van der Waals surface area contributed by atoms with Gasteiger partial charge in [-0.3, -0.25) is 9.69 Å². The minimum atomic E-state index is -0.120. The molecule has 1 aromatic rings. The number of hydrogen-bond acceptors (Lipinski definition) is 6. The molecule has 2 saturated heterocycles. The molecule has 7 nitrogen and oxygen atoms in total. The third-order valence-electron chi connectivity index (χ3n) is 4.45. The van der Waals surface area contributed by atoms with Gasteiger partial charge in [-0.05, 0) is 32.9 Å². The Bertz CT molecular complexity index is 497. The second kappa shape index (κ2) is 6.11. The molecular weight excluding hydrogens is 270 g/mol. The largest absolute Gasteiger partial charge is 0.337 e. The van der Waals surface area contributed by atoms with Crippen LogP contribution in [0.25, 0.3) is 0 Å². The number of nitrogens with zero attached hydrogens (tertiary/aromatic N) is 4. The molecule has 3 rings (SSSR count). The highest BCUT2D eigenvalue weighted by Gasteiger charge is 2.30. The van der Waals surface area contributed by atoms with Crippen molar-refractivity contribution in [3.63, 3.8) is 0 Å². The van der Waals surface area contributed by atoms with E-state index in [0.29, 0.717) is 11.9 Å². The summed E-state index contributed by atoms with van der Waals surface area (Å²) in [4.78, 5) is 21.0. The van der Waals surface area contributed by atoms with Gasteiger partial charge in [0, 0.05) is 25.7 Å². The standard InChI is InChI=1S/C14H23N5O2/c1-3-18-7-8-19(9-10(18)2)14(20)12-16-13(21-17-12)11-5-4-6-15-11/h10-11,15H,3-9H2,1-2H3. The van der Waals surface area contributed by atoms with E-state index in [0.717, 1.165) is 45.6 Å². The second-order valence-corrected chi connectivity index (χ2v) is 5.83. The molecule has 116 valence electrons. The number of carbonyl (C=O) groups is 1. The van der Waals surface area contributed by atoms with Gasteiger partial charge in [0.15, 0.2) is 0 Å². The lowest BCUT2D eigenvalue weighted by Crippen LogP contribution is -2.53. The molecule has 0 spiro atoms. The number of rotatable bonds is 3. The van der Waals surface area contributed by atoms with E-state index in [9.17, 15) is 4.79 Å². The van der Waals surface area contributed by atoms with Gasteiger partial charge < -0.3 is 14.7 Å². The summed E-state index contributed by atoms with van der Waals surface area (Å²) in [5.74, 6) is 0.609. The molecule has 7 heteroatoms. The number of carbonyl (C=O) groups excluding carboxylic acids is 1. The molecule has 0 aromatic carbocycles. The fourth-order valence-electron chi connectivity index (χ4n) is 3.15. The normalized spacial score (nSPS) is 27.2. The Hall–Kier alpha value is -1.47. The lowest BCUT2D eigenvalue weighted by atomic mass is 10.2. The molecule has 2 unspecified atom stereocenters. The molecule has 0 aliphatic carbocycles. The van der Waals surface area contributed by atoms with Gasteiger partial charge in [-0.25, -0.2) is 0 Å². The van der Waals surface area contributed by atoms with E-state index in [1.165, 1.54) is 0 Å². The van der Waals surface area contributed by atoms with Gasteiger partial charge in [0.2, 0.25) is 5.89 Å². The lowest BCUT2D eigenvalue weighted by Gasteiger charge is -2.38. The first-order valence-corrected chi connectivity index (χ1v) is 7.79. The van der Waals surface area contributed by atoms with Crippen LogP contribution in [0.2, 0.25) is 0 Å². The fraction of sp³-hybridized carbons (Fsp3) is 0.786. The first-order valence-electron chi connectivity index (χ1n) is 7.79. The van der Waals surface area contributed by atoms with Gasteiger partial charge in [-0.1, -0.05) is 12.1 Å². The first kappa shape index (κ1) is 14.5. The SMILES string of the molecule is CCN1CCN(C(=O)c2noc(C3CCCN3)n2)CC1C. The maximum atomic E-state index is 12.5. The van der Waals surface area contributed by atoms with E-state index in [4.69, 9.17) is 4.52 Å². The van der Waals surface area contributed by atoms with Gasteiger partial charge in [0.05, 0.1) is 6.04 Å². The Labute approximate surface area is 124 Å². The quantitative estimate of drug-likeness (QED) is 0.882. The average molecular weight is 293 g/mol. The number of piperazine rings is 1. The third kappa shape index (κ3) is 2.94. The summed E-state index contributed by atoms with van der Waals surface area (Å²) in [5, 5.41) is 7.17. The number of amides is 1. The third-order valence-corrected chi connectivity index (χ3v) is 4.45. The van der Waals surface area contributed by atoms with E-state index < -0.39 is 0 Å². The molecule has 2 aliphatic heterocycles. The molecule has 1 aromatic heterocycles. The predicted molar refractivity (Wildman–Crippen MR) is 76.9 cm³/mol. The first-order chi connectivity index (χ1) is 10.2. The summed E-state index contributed by atoms with van der Waals surface area (Å²) < 4.78 is 5.25. The highest BCUT2D eigenvalue weighted by Crippen LogP contribution is 2.21. The summed E-state index contributed by atoms with van der Waals surface area (Å²) >= 11 is 0. The summed E-state index contributed by atoms with van der Waals surface area (Å²) in [6.07, 6.45) is 2.09. The lowest BCUT2D eigenvalue weighted by molar-refractivity contribution is 0.0514. The van der Waals surface area contributed by atoms with Crippen LogP contribution in [0.5, 0.6) is 0 Å². The highest BCUT2D eigenvalue weighted by molar-refractivity contribution is 5.90. The average Bonchev–Trinajstić information content (AvgIpc) is 3.17. The van der Waals surface area contributed by atoms with Crippen molar-refractivity contribution in [2.45, 2.75) is 38.8 Å². The molecular formula is C14H23N5O2. The fourth-order valence-corrected chi connectivity index (χ4v) is 3.15. The van der Waals surface area contributed by atoms with Crippen molar-refractivity contribution in [1.29, 1.82) is 0 Å². The van der Waals surface area contributed by atoms with Crippen LogP contribution in [-0.2, 0) is 0 Å². The van der Waals surface area contributed by atoms with Gasteiger partial charge in [-0.2, -0.15) is 4.98 Å². The van der Waals surface area contributed by atoms with Gasteiger partial charge in [-0.15, -0.1) is 0 Å². The van der Waals surface area contributed by atoms with Crippen LogP contribution >= 0.6 is 0 Å². The minimum Gasteiger partial charge on any atom is -0.337 e. The van der Waals surface area contributed by atoms with Crippen molar-refractivity contribution in [3.05, 3.63) is 11.7 Å². The molecule has 0 bridgehead atoms.